The predicted molar refractivity (Wildman–Crippen MR) is 76.0 cm³/mol. The van der Waals surface area contributed by atoms with Gasteiger partial charge in [0.1, 0.15) is 0 Å². The van der Waals surface area contributed by atoms with Crippen LogP contribution in [0.2, 0.25) is 0 Å². The molecule has 2 aromatic rings. The van der Waals surface area contributed by atoms with Gasteiger partial charge >= 0.3 is 0 Å². The second-order valence-electron chi connectivity index (χ2n) is 4.83. The van der Waals surface area contributed by atoms with Crippen molar-refractivity contribution in [1.29, 1.82) is 0 Å². The average Bonchev–Trinajstić information content (AvgIpc) is 2.91. The second-order valence-corrected chi connectivity index (χ2v) is 4.83. The topological polar surface area (TPSA) is 50.1 Å². The van der Waals surface area contributed by atoms with Gasteiger partial charge in [0.15, 0.2) is 0 Å². The number of aryl methyl sites for hydroxylation is 2. The Balaban J connectivity index is 1.77. The highest BCUT2D eigenvalue weighted by Crippen LogP contribution is 2.16. The summed E-state index contributed by atoms with van der Waals surface area (Å²) in [6, 6.07) is 8.00. The van der Waals surface area contributed by atoms with Crippen LogP contribution in [0.25, 0.3) is 0 Å². The van der Waals surface area contributed by atoms with Gasteiger partial charge in [-0.1, -0.05) is 18.2 Å². The smallest absolute Gasteiger partial charge is 0.0914 e. The van der Waals surface area contributed by atoms with Crippen molar-refractivity contribution in [3.63, 3.8) is 0 Å². The molecule has 4 nitrogen and oxygen atoms in total. The van der Waals surface area contributed by atoms with Crippen LogP contribution in [0.5, 0.6) is 0 Å². The molecule has 1 heterocycles. The van der Waals surface area contributed by atoms with Crippen LogP contribution in [0.1, 0.15) is 22.8 Å². The van der Waals surface area contributed by atoms with Gasteiger partial charge in [-0.25, -0.2) is 0 Å². The molecule has 0 bridgehead atoms. The summed E-state index contributed by atoms with van der Waals surface area (Å²) in [5, 5.41) is 17.5. The molecule has 0 aliphatic carbocycles. The average molecular weight is 259 g/mol. The third kappa shape index (κ3) is 3.91. The molecule has 1 aromatic carbocycles. The Bertz CT molecular complexity index is 508. The number of hydrogen-bond acceptors (Lipinski definition) is 3. The van der Waals surface area contributed by atoms with E-state index in [1.165, 1.54) is 11.1 Å². The van der Waals surface area contributed by atoms with E-state index in [1.807, 2.05) is 23.0 Å². The van der Waals surface area contributed by atoms with Crippen molar-refractivity contribution in [1.82, 2.24) is 15.1 Å². The fourth-order valence-electron chi connectivity index (χ4n) is 1.95. The van der Waals surface area contributed by atoms with Gasteiger partial charge in [-0.05, 0) is 36.6 Å². The molecule has 0 aliphatic rings. The van der Waals surface area contributed by atoms with Crippen LogP contribution in [0, 0.1) is 13.8 Å². The standard InChI is InChI=1S/C15H21N3O/c1-12-4-5-14(10-13(12)2)15(19)11-16-7-9-18-8-3-6-17-18/h3-6,8,10,15-16,19H,7,9,11H2,1-2H3/t15-/m0/s1. The predicted octanol–water partition coefficient (Wildman–Crippen LogP) is 1.82. The molecule has 0 aliphatic heterocycles. The van der Waals surface area contributed by atoms with Gasteiger partial charge in [0.05, 0.1) is 12.6 Å². The first-order chi connectivity index (χ1) is 9.16. The third-order valence-corrected chi connectivity index (χ3v) is 3.33. The molecule has 0 amide bonds. The van der Waals surface area contributed by atoms with Crippen LogP contribution >= 0.6 is 0 Å². The highest BCUT2D eigenvalue weighted by atomic mass is 16.3. The van der Waals surface area contributed by atoms with Gasteiger partial charge in [0.25, 0.3) is 0 Å². The molecule has 4 heteroatoms. The number of nitrogens with one attached hydrogen (secondary N) is 1. The molecule has 0 saturated heterocycles. The lowest BCUT2D eigenvalue weighted by molar-refractivity contribution is 0.174. The van der Waals surface area contributed by atoms with Crippen LogP contribution in [0.4, 0.5) is 0 Å². The summed E-state index contributed by atoms with van der Waals surface area (Å²) in [4.78, 5) is 0. The molecule has 19 heavy (non-hydrogen) atoms. The first-order valence-corrected chi connectivity index (χ1v) is 6.60. The van der Waals surface area contributed by atoms with E-state index >= 15 is 0 Å². The molecular formula is C15H21N3O. The number of benzene rings is 1. The minimum Gasteiger partial charge on any atom is -0.387 e. The van der Waals surface area contributed by atoms with Crippen molar-refractivity contribution in [2.24, 2.45) is 0 Å². The van der Waals surface area contributed by atoms with Gasteiger partial charge in [-0.3, -0.25) is 4.68 Å². The number of rotatable bonds is 6. The van der Waals surface area contributed by atoms with Gasteiger partial charge in [-0.15, -0.1) is 0 Å². The van der Waals surface area contributed by atoms with Gasteiger partial charge in [0.2, 0.25) is 0 Å². The Hall–Kier alpha value is -1.65. The largest absolute Gasteiger partial charge is 0.387 e. The van der Waals surface area contributed by atoms with Crippen molar-refractivity contribution in [3.05, 3.63) is 53.3 Å². The maximum Gasteiger partial charge on any atom is 0.0914 e. The van der Waals surface area contributed by atoms with E-state index < -0.39 is 6.10 Å². The summed E-state index contributed by atoms with van der Waals surface area (Å²) in [5.41, 5.74) is 3.44. The van der Waals surface area contributed by atoms with Crippen LogP contribution < -0.4 is 5.32 Å². The Kier molecular flexibility index (Phi) is 4.71. The van der Waals surface area contributed by atoms with Gasteiger partial charge < -0.3 is 10.4 Å². The van der Waals surface area contributed by atoms with Crippen molar-refractivity contribution in [2.75, 3.05) is 13.1 Å². The Labute approximate surface area is 114 Å². The summed E-state index contributed by atoms with van der Waals surface area (Å²) in [6.45, 7) is 6.31. The minimum atomic E-state index is -0.461. The quantitative estimate of drug-likeness (QED) is 0.778. The number of nitrogens with zero attached hydrogens (tertiary/aromatic N) is 2. The summed E-state index contributed by atoms with van der Waals surface area (Å²) >= 11 is 0. The first kappa shape index (κ1) is 13.8. The van der Waals surface area contributed by atoms with Crippen molar-refractivity contribution >= 4 is 0 Å². The van der Waals surface area contributed by atoms with Gasteiger partial charge in [-0.2, -0.15) is 5.10 Å². The molecule has 0 fully saturated rings. The lowest BCUT2D eigenvalue weighted by atomic mass is 10.0. The van der Waals surface area contributed by atoms with Crippen LogP contribution in [0.3, 0.4) is 0 Å². The van der Waals surface area contributed by atoms with Crippen LogP contribution in [-0.2, 0) is 6.54 Å². The fourth-order valence-corrected chi connectivity index (χ4v) is 1.95. The first-order valence-electron chi connectivity index (χ1n) is 6.60. The molecule has 102 valence electrons. The monoisotopic (exact) mass is 259 g/mol. The van der Waals surface area contributed by atoms with Crippen LogP contribution in [0.15, 0.2) is 36.7 Å². The lowest BCUT2D eigenvalue weighted by Crippen LogP contribution is -2.25. The Morgan fingerprint density at radius 2 is 2.16 bits per heavy atom. The number of aliphatic hydroxyl groups is 1. The normalized spacial score (nSPS) is 12.6. The summed E-state index contributed by atoms with van der Waals surface area (Å²) < 4.78 is 1.87. The fraction of sp³-hybridized carbons (Fsp3) is 0.400. The summed E-state index contributed by atoms with van der Waals surface area (Å²) in [6.07, 6.45) is 3.24. The van der Waals surface area contributed by atoms with E-state index in [1.54, 1.807) is 6.20 Å². The molecule has 0 radical (unpaired) electrons. The molecule has 2 N–H and O–H groups in total. The molecule has 1 atom stereocenters. The molecular weight excluding hydrogens is 238 g/mol. The molecule has 0 saturated carbocycles. The SMILES string of the molecule is Cc1ccc([C@@H](O)CNCCn2cccn2)cc1C. The Morgan fingerprint density at radius 1 is 1.32 bits per heavy atom. The van der Waals surface area contributed by atoms with Crippen molar-refractivity contribution in [2.45, 2.75) is 26.5 Å². The highest BCUT2D eigenvalue weighted by Gasteiger charge is 2.07. The lowest BCUT2D eigenvalue weighted by Gasteiger charge is -2.13. The molecule has 2 rings (SSSR count). The van der Waals surface area contributed by atoms with E-state index in [0.29, 0.717) is 6.54 Å². The second kappa shape index (κ2) is 6.50. The van der Waals surface area contributed by atoms with Crippen molar-refractivity contribution < 1.29 is 5.11 Å². The van der Waals surface area contributed by atoms with E-state index in [-0.39, 0.29) is 0 Å². The highest BCUT2D eigenvalue weighted by molar-refractivity contribution is 5.31. The summed E-state index contributed by atoms with van der Waals surface area (Å²) in [5.74, 6) is 0. The zero-order chi connectivity index (χ0) is 13.7. The minimum absolute atomic E-state index is 0.461. The third-order valence-electron chi connectivity index (χ3n) is 3.33. The van der Waals surface area contributed by atoms with E-state index in [9.17, 15) is 5.11 Å². The number of hydrogen-bond donors (Lipinski definition) is 2. The van der Waals surface area contributed by atoms with E-state index in [2.05, 4.69) is 36.4 Å². The Morgan fingerprint density at radius 3 is 2.84 bits per heavy atom. The maximum absolute atomic E-state index is 10.1. The maximum atomic E-state index is 10.1. The molecule has 0 spiro atoms. The molecule has 1 aromatic heterocycles. The van der Waals surface area contributed by atoms with Gasteiger partial charge in [0, 0.05) is 25.5 Å². The number of aliphatic hydroxyl groups excluding tert-OH is 1. The van der Waals surface area contributed by atoms with E-state index in [4.69, 9.17) is 0 Å². The summed E-state index contributed by atoms with van der Waals surface area (Å²) in [7, 11) is 0. The van der Waals surface area contributed by atoms with E-state index in [0.717, 1.165) is 18.7 Å². The van der Waals surface area contributed by atoms with Crippen LogP contribution in [-0.4, -0.2) is 28.0 Å². The zero-order valence-electron chi connectivity index (χ0n) is 11.5. The van der Waals surface area contributed by atoms with Crippen molar-refractivity contribution in [3.8, 4) is 0 Å². The molecule has 0 unspecified atom stereocenters. The number of aromatic nitrogens is 2. The zero-order valence-corrected chi connectivity index (χ0v) is 11.5.